The molecule has 4 aromatic rings. The average molecular weight is 401 g/mol. The SMILES string of the molecule is O=C(Nc1nnc(-c2ccc(Br)o2)o1)c1cc(-c2ccccc2)on1. The normalized spacial score (nSPS) is 10.8. The van der Waals surface area contributed by atoms with E-state index >= 15 is 0 Å². The summed E-state index contributed by atoms with van der Waals surface area (Å²) < 4.78 is 16.4. The Kier molecular flexibility index (Phi) is 3.90. The van der Waals surface area contributed by atoms with Crippen LogP contribution in [0, 0.1) is 0 Å². The van der Waals surface area contributed by atoms with Crippen LogP contribution in [0.5, 0.6) is 0 Å². The number of halogens is 1. The molecule has 1 amide bonds. The van der Waals surface area contributed by atoms with Gasteiger partial charge < -0.3 is 13.4 Å². The fourth-order valence-corrected chi connectivity index (χ4v) is 2.39. The summed E-state index contributed by atoms with van der Waals surface area (Å²) in [6.45, 7) is 0. The van der Waals surface area contributed by atoms with E-state index in [0.717, 1.165) is 5.56 Å². The second-order valence-electron chi connectivity index (χ2n) is 4.91. The average Bonchev–Trinajstić information content (AvgIpc) is 3.35. The van der Waals surface area contributed by atoms with Crippen molar-refractivity contribution >= 4 is 27.9 Å². The molecule has 0 aliphatic carbocycles. The van der Waals surface area contributed by atoms with E-state index in [9.17, 15) is 4.79 Å². The van der Waals surface area contributed by atoms with Gasteiger partial charge in [0.2, 0.25) is 0 Å². The van der Waals surface area contributed by atoms with Crippen molar-refractivity contribution in [1.29, 1.82) is 0 Å². The zero-order valence-corrected chi connectivity index (χ0v) is 14.1. The van der Waals surface area contributed by atoms with Crippen molar-refractivity contribution in [2.75, 3.05) is 5.32 Å². The van der Waals surface area contributed by atoms with Crippen molar-refractivity contribution in [2.45, 2.75) is 0 Å². The molecule has 0 spiro atoms. The molecule has 4 rings (SSSR count). The Morgan fingerprint density at radius 2 is 1.84 bits per heavy atom. The lowest BCUT2D eigenvalue weighted by Gasteiger charge is -1.94. The van der Waals surface area contributed by atoms with E-state index in [1.165, 1.54) is 6.07 Å². The molecule has 9 heteroatoms. The molecule has 124 valence electrons. The summed E-state index contributed by atoms with van der Waals surface area (Å²) in [6, 6.07) is 14.1. The Balaban J connectivity index is 1.49. The number of carbonyl (C=O) groups is 1. The minimum atomic E-state index is -0.526. The predicted octanol–water partition coefficient (Wildman–Crippen LogP) is 4.00. The standard InChI is InChI=1S/C16H9BrN4O4/c17-13-7-6-11(23-13)15-19-20-16(24-15)18-14(22)10-8-12(25-21-10)9-4-2-1-3-5-9/h1-8H,(H,18,20,22). The van der Waals surface area contributed by atoms with E-state index in [-0.39, 0.29) is 17.6 Å². The van der Waals surface area contributed by atoms with Crippen LogP contribution in [0.4, 0.5) is 6.01 Å². The van der Waals surface area contributed by atoms with Gasteiger partial charge in [0, 0.05) is 11.6 Å². The van der Waals surface area contributed by atoms with Crippen LogP contribution in [0.25, 0.3) is 23.0 Å². The Hall–Kier alpha value is -3.20. The molecule has 8 nitrogen and oxygen atoms in total. The quantitative estimate of drug-likeness (QED) is 0.551. The summed E-state index contributed by atoms with van der Waals surface area (Å²) in [7, 11) is 0. The number of nitrogens with one attached hydrogen (secondary N) is 1. The highest BCUT2D eigenvalue weighted by Crippen LogP contribution is 2.25. The van der Waals surface area contributed by atoms with Gasteiger partial charge in [-0.1, -0.05) is 40.6 Å². The Morgan fingerprint density at radius 1 is 1.00 bits per heavy atom. The fraction of sp³-hybridized carbons (Fsp3) is 0. The number of furan rings is 1. The third kappa shape index (κ3) is 3.22. The van der Waals surface area contributed by atoms with Gasteiger partial charge in [-0.15, -0.1) is 5.10 Å². The predicted molar refractivity (Wildman–Crippen MR) is 89.6 cm³/mol. The maximum Gasteiger partial charge on any atom is 0.322 e. The second-order valence-corrected chi connectivity index (χ2v) is 5.69. The molecule has 25 heavy (non-hydrogen) atoms. The molecule has 0 saturated heterocycles. The molecule has 1 N–H and O–H groups in total. The van der Waals surface area contributed by atoms with Gasteiger partial charge in [-0.2, -0.15) is 0 Å². The van der Waals surface area contributed by atoms with Crippen molar-refractivity contribution < 1.29 is 18.2 Å². The highest BCUT2D eigenvalue weighted by molar-refractivity contribution is 9.10. The molecule has 0 aliphatic rings. The summed E-state index contributed by atoms with van der Waals surface area (Å²) in [5, 5.41) is 13.8. The van der Waals surface area contributed by atoms with Crippen LogP contribution in [0.15, 0.2) is 66.6 Å². The lowest BCUT2D eigenvalue weighted by molar-refractivity contribution is 0.101. The van der Waals surface area contributed by atoms with Crippen molar-refractivity contribution in [2.24, 2.45) is 0 Å². The first-order chi connectivity index (χ1) is 12.2. The highest BCUT2D eigenvalue weighted by Gasteiger charge is 2.18. The number of anilines is 1. The van der Waals surface area contributed by atoms with Crippen LogP contribution in [-0.2, 0) is 0 Å². The number of nitrogens with zero attached hydrogens (tertiary/aromatic N) is 3. The van der Waals surface area contributed by atoms with E-state index in [2.05, 4.69) is 36.6 Å². The molecule has 0 saturated carbocycles. The summed E-state index contributed by atoms with van der Waals surface area (Å²) in [5.41, 5.74) is 0.914. The summed E-state index contributed by atoms with van der Waals surface area (Å²) >= 11 is 3.18. The third-order valence-corrected chi connectivity index (χ3v) is 3.66. The van der Waals surface area contributed by atoms with Gasteiger partial charge in [-0.25, -0.2) is 0 Å². The van der Waals surface area contributed by atoms with E-state index in [0.29, 0.717) is 16.2 Å². The van der Waals surface area contributed by atoms with Crippen molar-refractivity contribution in [3.63, 3.8) is 0 Å². The molecular formula is C16H9BrN4O4. The van der Waals surface area contributed by atoms with E-state index in [4.69, 9.17) is 13.4 Å². The van der Waals surface area contributed by atoms with Gasteiger partial charge in [-0.05, 0) is 28.1 Å². The van der Waals surface area contributed by atoms with E-state index in [1.54, 1.807) is 12.1 Å². The summed E-state index contributed by atoms with van der Waals surface area (Å²) in [6.07, 6.45) is 0. The molecular weight excluding hydrogens is 392 g/mol. The zero-order valence-electron chi connectivity index (χ0n) is 12.5. The smallest absolute Gasteiger partial charge is 0.322 e. The number of benzene rings is 1. The molecule has 0 unspecified atom stereocenters. The number of hydrogen-bond acceptors (Lipinski definition) is 7. The van der Waals surface area contributed by atoms with E-state index < -0.39 is 5.91 Å². The van der Waals surface area contributed by atoms with Gasteiger partial charge in [0.25, 0.3) is 11.8 Å². The topological polar surface area (TPSA) is 107 Å². The maximum atomic E-state index is 12.2. The lowest BCUT2D eigenvalue weighted by Crippen LogP contribution is -2.12. The van der Waals surface area contributed by atoms with E-state index in [1.807, 2.05) is 30.3 Å². The first kappa shape index (κ1) is 15.3. The van der Waals surface area contributed by atoms with Crippen LogP contribution in [0.1, 0.15) is 10.5 Å². The molecule has 0 fully saturated rings. The van der Waals surface area contributed by atoms with Crippen molar-refractivity contribution in [1.82, 2.24) is 15.4 Å². The number of hydrogen-bond donors (Lipinski definition) is 1. The number of amides is 1. The molecule has 0 atom stereocenters. The summed E-state index contributed by atoms with van der Waals surface area (Å²) in [4.78, 5) is 12.2. The lowest BCUT2D eigenvalue weighted by atomic mass is 10.1. The minimum Gasteiger partial charge on any atom is -0.444 e. The molecule has 1 aromatic carbocycles. The summed E-state index contributed by atoms with van der Waals surface area (Å²) in [5.74, 6) is 0.484. The minimum absolute atomic E-state index is 0.0724. The highest BCUT2D eigenvalue weighted by atomic mass is 79.9. The third-order valence-electron chi connectivity index (χ3n) is 3.23. The van der Waals surface area contributed by atoms with Crippen LogP contribution in [0.2, 0.25) is 0 Å². The molecule has 0 aliphatic heterocycles. The van der Waals surface area contributed by atoms with Gasteiger partial charge >= 0.3 is 6.01 Å². The number of carbonyl (C=O) groups excluding carboxylic acids is 1. The first-order valence-corrected chi connectivity index (χ1v) is 7.91. The van der Waals surface area contributed by atoms with Gasteiger partial charge in [-0.3, -0.25) is 10.1 Å². The van der Waals surface area contributed by atoms with Crippen molar-refractivity contribution in [3.8, 4) is 23.0 Å². The Morgan fingerprint density at radius 3 is 2.60 bits per heavy atom. The molecule has 0 radical (unpaired) electrons. The van der Waals surface area contributed by atoms with Crippen LogP contribution in [0.3, 0.4) is 0 Å². The van der Waals surface area contributed by atoms with Crippen LogP contribution in [-0.4, -0.2) is 21.3 Å². The number of rotatable bonds is 4. The van der Waals surface area contributed by atoms with Crippen LogP contribution >= 0.6 is 15.9 Å². The second kappa shape index (κ2) is 6.36. The first-order valence-electron chi connectivity index (χ1n) is 7.12. The number of aromatic nitrogens is 3. The van der Waals surface area contributed by atoms with Gasteiger partial charge in [0.05, 0.1) is 0 Å². The molecule has 3 heterocycles. The van der Waals surface area contributed by atoms with Gasteiger partial charge in [0.1, 0.15) is 0 Å². The van der Waals surface area contributed by atoms with Gasteiger partial charge in [0.15, 0.2) is 21.9 Å². The van der Waals surface area contributed by atoms with Crippen LogP contribution < -0.4 is 5.32 Å². The fourth-order valence-electron chi connectivity index (χ4n) is 2.08. The largest absolute Gasteiger partial charge is 0.444 e. The Bertz CT molecular complexity index is 1020. The zero-order chi connectivity index (χ0) is 17.2. The molecule has 3 aromatic heterocycles. The monoisotopic (exact) mass is 400 g/mol. The maximum absolute atomic E-state index is 12.2. The Labute approximate surface area is 149 Å². The molecule has 0 bridgehead atoms. The van der Waals surface area contributed by atoms with Crippen molar-refractivity contribution in [3.05, 3.63) is 58.9 Å².